The van der Waals surface area contributed by atoms with E-state index < -0.39 is 35.3 Å². The van der Waals surface area contributed by atoms with Crippen molar-refractivity contribution in [3.63, 3.8) is 0 Å². The summed E-state index contributed by atoms with van der Waals surface area (Å²) in [5.74, 6) is -1.97. The number of anilines is 1. The van der Waals surface area contributed by atoms with Crippen LogP contribution >= 0.6 is 0 Å². The predicted octanol–water partition coefficient (Wildman–Crippen LogP) is 2.68. The van der Waals surface area contributed by atoms with Gasteiger partial charge in [0.15, 0.2) is 12.7 Å². The second-order valence-electron chi connectivity index (χ2n) is 5.14. The third kappa shape index (κ3) is 5.26. The van der Waals surface area contributed by atoms with Gasteiger partial charge in [0.05, 0.1) is 4.92 Å². The van der Waals surface area contributed by atoms with E-state index >= 15 is 0 Å². The molecule has 0 fully saturated rings. The largest absolute Gasteiger partial charge is 0.482 e. The maximum atomic E-state index is 13.0. The molecule has 2 aromatic carbocycles. The van der Waals surface area contributed by atoms with E-state index in [1.165, 1.54) is 49.4 Å². The van der Waals surface area contributed by atoms with Crippen LogP contribution in [0, 0.1) is 15.9 Å². The number of amides is 1. The molecule has 0 radical (unpaired) electrons. The van der Waals surface area contributed by atoms with E-state index in [4.69, 9.17) is 9.47 Å². The fourth-order valence-corrected chi connectivity index (χ4v) is 1.96. The first kappa shape index (κ1) is 18.8. The maximum absolute atomic E-state index is 13.0. The third-order valence-electron chi connectivity index (χ3n) is 3.19. The van der Waals surface area contributed by atoms with E-state index in [1.54, 1.807) is 0 Å². The van der Waals surface area contributed by atoms with Gasteiger partial charge >= 0.3 is 5.97 Å². The van der Waals surface area contributed by atoms with E-state index in [-0.39, 0.29) is 17.1 Å². The first-order valence-corrected chi connectivity index (χ1v) is 7.49. The number of nitrogens with one attached hydrogen (secondary N) is 1. The van der Waals surface area contributed by atoms with Gasteiger partial charge in [0.1, 0.15) is 17.3 Å². The van der Waals surface area contributed by atoms with Gasteiger partial charge in [0.25, 0.3) is 11.6 Å². The van der Waals surface area contributed by atoms with Crippen molar-refractivity contribution in [2.45, 2.75) is 13.0 Å². The zero-order chi connectivity index (χ0) is 19.1. The predicted molar refractivity (Wildman–Crippen MR) is 89.2 cm³/mol. The third-order valence-corrected chi connectivity index (χ3v) is 3.19. The molecule has 2 rings (SSSR count). The summed E-state index contributed by atoms with van der Waals surface area (Å²) >= 11 is 0. The number of nitro groups is 1. The molecule has 1 amide bonds. The molecular formula is C17H15FN2O6. The van der Waals surface area contributed by atoms with Crippen LogP contribution in [0.4, 0.5) is 15.8 Å². The van der Waals surface area contributed by atoms with Crippen LogP contribution in [-0.2, 0) is 14.3 Å². The van der Waals surface area contributed by atoms with Crippen molar-refractivity contribution in [1.82, 2.24) is 0 Å². The van der Waals surface area contributed by atoms with Crippen LogP contribution in [-0.4, -0.2) is 29.5 Å². The van der Waals surface area contributed by atoms with Gasteiger partial charge in [-0.05, 0) is 25.1 Å². The minimum atomic E-state index is -1.21. The molecule has 0 saturated carbocycles. The number of benzene rings is 2. The number of nitrogens with zero attached hydrogens (tertiary/aromatic N) is 1. The SMILES string of the molecule is CC(OC(=O)COc1cccc(F)c1)C(=O)Nc1ccccc1[N+](=O)[O-]. The summed E-state index contributed by atoms with van der Waals surface area (Å²) in [7, 11) is 0. The lowest BCUT2D eigenvalue weighted by Crippen LogP contribution is -2.31. The van der Waals surface area contributed by atoms with E-state index in [0.717, 1.165) is 6.07 Å². The molecule has 8 nitrogen and oxygen atoms in total. The van der Waals surface area contributed by atoms with Crippen LogP contribution in [0.25, 0.3) is 0 Å². The number of rotatable bonds is 7. The topological polar surface area (TPSA) is 108 Å². The second kappa shape index (κ2) is 8.56. The lowest BCUT2D eigenvalue weighted by molar-refractivity contribution is -0.383. The van der Waals surface area contributed by atoms with Gasteiger partial charge in [-0.25, -0.2) is 9.18 Å². The van der Waals surface area contributed by atoms with Gasteiger partial charge in [-0.2, -0.15) is 0 Å². The highest BCUT2D eigenvalue weighted by Gasteiger charge is 2.21. The molecule has 0 aliphatic rings. The van der Waals surface area contributed by atoms with Crippen molar-refractivity contribution in [2.24, 2.45) is 0 Å². The zero-order valence-electron chi connectivity index (χ0n) is 13.7. The Balaban J connectivity index is 1.88. The molecule has 0 spiro atoms. The highest BCUT2D eigenvalue weighted by molar-refractivity contribution is 5.96. The maximum Gasteiger partial charge on any atom is 0.344 e. The summed E-state index contributed by atoms with van der Waals surface area (Å²) in [5.41, 5.74) is -0.296. The Kier molecular flexibility index (Phi) is 6.20. The minimum Gasteiger partial charge on any atom is -0.482 e. The molecule has 1 atom stereocenters. The van der Waals surface area contributed by atoms with Crippen molar-refractivity contribution in [3.05, 3.63) is 64.5 Å². The van der Waals surface area contributed by atoms with E-state index in [2.05, 4.69) is 5.32 Å². The summed E-state index contributed by atoms with van der Waals surface area (Å²) in [5, 5.41) is 13.3. The fraction of sp³-hybridized carbons (Fsp3) is 0.176. The summed E-state index contributed by atoms with van der Waals surface area (Å²) < 4.78 is 23.0. The van der Waals surface area contributed by atoms with Crippen molar-refractivity contribution < 1.29 is 28.4 Å². The Morgan fingerprint density at radius 2 is 1.96 bits per heavy atom. The molecule has 26 heavy (non-hydrogen) atoms. The monoisotopic (exact) mass is 362 g/mol. The Labute approximate surface area is 147 Å². The Morgan fingerprint density at radius 3 is 2.65 bits per heavy atom. The van der Waals surface area contributed by atoms with E-state index in [1.807, 2.05) is 0 Å². The molecule has 9 heteroatoms. The van der Waals surface area contributed by atoms with Gasteiger partial charge < -0.3 is 14.8 Å². The summed E-state index contributed by atoms with van der Waals surface area (Å²) in [6, 6.07) is 10.8. The number of nitro benzene ring substituents is 1. The average molecular weight is 362 g/mol. The standard InChI is InChI=1S/C17H15FN2O6/c1-11(17(22)19-14-7-2-3-8-15(14)20(23)24)26-16(21)10-25-13-6-4-5-12(18)9-13/h2-9,11H,10H2,1H3,(H,19,22). The minimum absolute atomic E-state index is 0.0126. The van der Waals surface area contributed by atoms with Crippen LogP contribution in [0.3, 0.4) is 0 Å². The summed E-state index contributed by atoms with van der Waals surface area (Å²) in [4.78, 5) is 34.0. The van der Waals surface area contributed by atoms with Crippen molar-refractivity contribution in [2.75, 3.05) is 11.9 Å². The van der Waals surface area contributed by atoms with Crippen molar-refractivity contribution in [3.8, 4) is 5.75 Å². The molecular weight excluding hydrogens is 347 g/mol. The molecule has 1 N–H and O–H groups in total. The highest BCUT2D eigenvalue weighted by atomic mass is 19.1. The van der Waals surface area contributed by atoms with Gasteiger partial charge in [-0.1, -0.05) is 18.2 Å². The van der Waals surface area contributed by atoms with Crippen LogP contribution in [0.5, 0.6) is 5.75 Å². The quantitative estimate of drug-likeness (QED) is 0.461. The highest BCUT2D eigenvalue weighted by Crippen LogP contribution is 2.23. The number of carbonyl (C=O) groups excluding carboxylic acids is 2. The van der Waals surface area contributed by atoms with Crippen LogP contribution in [0.1, 0.15) is 6.92 Å². The lowest BCUT2D eigenvalue weighted by Gasteiger charge is -2.14. The lowest BCUT2D eigenvalue weighted by atomic mass is 10.2. The number of ether oxygens (including phenoxy) is 2. The molecule has 0 aromatic heterocycles. The number of hydrogen-bond acceptors (Lipinski definition) is 6. The molecule has 2 aromatic rings. The molecule has 0 saturated heterocycles. The van der Waals surface area contributed by atoms with E-state index in [9.17, 15) is 24.1 Å². The van der Waals surface area contributed by atoms with Crippen LogP contribution in [0.2, 0.25) is 0 Å². The number of carbonyl (C=O) groups is 2. The zero-order valence-corrected chi connectivity index (χ0v) is 13.7. The number of esters is 1. The molecule has 0 heterocycles. The second-order valence-corrected chi connectivity index (χ2v) is 5.14. The normalized spacial score (nSPS) is 11.3. The first-order valence-electron chi connectivity index (χ1n) is 7.49. The molecule has 0 bridgehead atoms. The molecule has 1 unspecified atom stereocenters. The summed E-state index contributed by atoms with van der Waals surface area (Å²) in [6.07, 6.45) is -1.21. The molecule has 136 valence electrons. The van der Waals surface area contributed by atoms with Gasteiger partial charge in [-0.15, -0.1) is 0 Å². The van der Waals surface area contributed by atoms with Gasteiger partial charge in [0, 0.05) is 12.1 Å². The Morgan fingerprint density at radius 1 is 1.23 bits per heavy atom. The Hall–Kier alpha value is -3.49. The smallest absolute Gasteiger partial charge is 0.344 e. The average Bonchev–Trinajstić information content (AvgIpc) is 2.60. The molecule has 0 aliphatic heterocycles. The van der Waals surface area contributed by atoms with Crippen molar-refractivity contribution in [1.29, 1.82) is 0 Å². The number of para-hydroxylation sites is 2. The number of halogens is 1. The number of hydrogen-bond donors (Lipinski definition) is 1. The van der Waals surface area contributed by atoms with Crippen LogP contribution < -0.4 is 10.1 Å². The fourth-order valence-electron chi connectivity index (χ4n) is 1.96. The Bertz CT molecular complexity index is 826. The van der Waals surface area contributed by atoms with Gasteiger partial charge in [0.2, 0.25) is 0 Å². The van der Waals surface area contributed by atoms with E-state index in [0.29, 0.717) is 0 Å². The first-order chi connectivity index (χ1) is 12.4. The summed E-state index contributed by atoms with van der Waals surface area (Å²) in [6.45, 7) is 0.788. The van der Waals surface area contributed by atoms with Crippen LogP contribution in [0.15, 0.2) is 48.5 Å². The molecule has 0 aliphatic carbocycles. The van der Waals surface area contributed by atoms with Gasteiger partial charge in [-0.3, -0.25) is 14.9 Å². The van der Waals surface area contributed by atoms with Crippen molar-refractivity contribution >= 4 is 23.3 Å².